The highest BCUT2D eigenvalue weighted by Gasteiger charge is 2.32. The Morgan fingerprint density at radius 2 is 2.14 bits per heavy atom. The molecular weight excluding hydrogens is 289 g/mol. The highest BCUT2D eigenvalue weighted by Crippen LogP contribution is 2.27. The third-order valence-corrected chi connectivity index (χ3v) is 2.35. The van der Waals surface area contributed by atoms with Crippen molar-refractivity contribution in [2.75, 3.05) is 31.6 Å². The van der Waals surface area contributed by atoms with E-state index in [1.807, 2.05) is 6.92 Å². The number of anilines is 1. The second-order valence-electron chi connectivity index (χ2n) is 3.99. The van der Waals surface area contributed by atoms with Crippen LogP contribution >= 0.6 is 0 Å². The Kier molecular flexibility index (Phi) is 6.86. The van der Waals surface area contributed by atoms with Crippen molar-refractivity contribution in [2.24, 2.45) is 0 Å². The summed E-state index contributed by atoms with van der Waals surface area (Å²) in [6.07, 6.45) is -3.24. The Hall–Kier alpha value is -1.90. The van der Waals surface area contributed by atoms with Crippen molar-refractivity contribution in [1.82, 2.24) is 15.3 Å². The first kappa shape index (κ1) is 17.2. The Balaban J connectivity index is 2.28. The van der Waals surface area contributed by atoms with E-state index in [1.54, 1.807) is 0 Å². The lowest BCUT2D eigenvalue weighted by Crippen LogP contribution is -2.29. The van der Waals surface area contributed by atoms with Gasteiger partial charge in [0.15, 0.2) is 0 Å². The van der Waals surface area contributed by atoms with E-state index in [0.717, 1.165) is 12.3 Å². The van der Waals surface area contributed by atoms with Gasteiger partial charge >= 0.3 is 6.18 Å². The molecule has 1 rings (SSSR count). The maximum absolute atomic E-state index is 12.4. The van der Waals surface area contributed by atoms with Crippen LogP contribution in [0.4, 0.5) is 19.1 Å². The molecule has 0 aromatic carbocycles. The summed E-state index contributed by atoms with van der Waals surface area (Å²) in [6, 6.07) is 0.792. The molecule has 6 nitrogen and oxygen atoms in total. The first-order valence-electron chi connectivity index (χ1n) is 6.42. The summed E-state index contributed by atoms with van der Waals surface area (Å²) in [4.78, 5) is 18.3. The quantitative estimate of drug-likeness (QED) is 0.711. The van der Waals surface area contributed by atoms with Gasteiger partial charge in [-0.05, 0) is 13.0 Å². The molecule has 2 N–H and O–H groups in total. The number of nitrogens with zero attached hydrogens (tertiary/aromatic N) is 2. The molecule has 1 amide bonds. The van der Waals surface area contributed by atoms with Crippen LogP contribution in [0.1, 0.15) is 19.0 Å². The van der Waals surface area contributed by atoms with Crippen molar-refractivity contribution in [2.45, 2.75) is 19.5 Å². The van der Waals surface area contributed by atoms with Gasteiger partial charge in [-0.25, -0.2) is 9.97 Å². The lowest BCUT2D eigenvalue weighted by Gasteiger charge is -2.09. The fraction of sp³-hybridized carbons (Fsp3) is 0.583. The number of alkyl halides is 3. The lowest BCUT2D eigenvalue weighted by atomic mass is 10.4. The van der Waals surface area contributed by atoms with Gasteiger partial charge in [-0.1, -0.05) is 0 Å². The molecule has 118 valence electrons. The first-order chi connectivity index (χ1) is 9.93. The van der Waals surface area contributed by atoms with E-state index in [9.17, 15) is 18.0 Å². The van der Waals surface area contributed by atoms with Gasteiger partial charge in [-0.3, -0.25) is 4.79 Å². The van der Waals surface area contributed by atoms with Crippen molar-refractivity contribution >= 4 is 11.9 Å². The van der Waals surface area contributed by atoms with Crippen molar-refractivity contribution < 1.29 is 22.7 Å². The van der Waals surface area contributed by atoms with Crippen LogP contribution in [-0.2, 0) is 15.7 Å². The maximum Gasteiger partial charge on any atom is 0.433 e. The molecule has 0 radical (unpaired) electrons. The topological polar surface area (TPSA) is 76.1 Å². The summed E-state index contributed by atoms with van der Waals surface area (Å²) in [7, 11) is 0. The van der Waals surface area contributed by atoms with E-state index < -0.39 is 11.9 Å². The summed E-state index contributed by atoms with van der Waals surface area (Å²) < 4.78 is 42.3. The highest BCUT2D eigenvalue weighted by atomic mass is 19.4. The van der Waals surface area contributed by atoms with Crippen LogP contribution in [0.5, 0.6) is 0 Å². The number of carbonyl (C=O) groups excluding carboxylic acids is 1. The van der Waals surface area contributed by atoms with Crippen LogP contribution in [0.2, 0.25) is 0 Å². The van der Waals surface area contributed by atoms with Crippen LogP contribution in [-0.4, -0.2) is 42.2 Å². The molecule has 0 fully saturated rings. The number of rotatable bonds is 8. The van der Waals surface area contributed by atoms with Crippen molar-refractivity contribution in [1.29, 1.82) is 0 Å². The fourth-order valence-electron chi connectivity index (χ4n) is 1.38. The summed E-state index contributed by atoms with van der Waals surface area (Å²) in [5.41, 5.74) is -1.01. The van der Waals surface area contributed by atoms with E-state index >= 15 is 0 Å². The predicted molar refractivity (Wildman–Crippen MR) is 69.6 cm³/mol. The van der Waals surface area contributed by atoms with Gasteiger partial charge < -0.3 is 15.4 Å². The molecule has 1 aromatic heterocycles. The summed E-state index contributed by atoms with van der Waals surface area (Å²) >= 11 is 0. The molecule has 0 saturated heterocycles. The normalized spacial score (nSPS) is 11.2. The molecule has 0 bridgehead atoms. The molecule has 0 aliphatic heterocycles. The number of ether oxygens (including phenoxy) is 1. The molecule has 0 atom stereocenters. The van der Waals surface area contributed by atoms with E-state index in [0.29, 0.717) is 13.2 Å². The smallest absolute Gasteiger partial charge is 0.381 e. The van der Waals surface area contributed by atoms with Gasteiger partial charge in [0.05, 0.1) is 6.61 Å². The number of amides is 1. The highest BCUT2D eigenvalue weighted by molar-refractivity contribution is 5.75. The average Bonchev–Trinajstić information content (AvgIpc) is 2.43. The number of hydrogen-bond acceptors (Lipinski definition) is 5. The SMILES string of the molecule is CCOCCC(=O)NCCNc1nccc(C(F)(F)F)n1. The van der Waals surface area contributed by atoms with Crippen LogP contribution in [0.15, 0.2) is 12.3 Å². The van der Waals surface area contributed by atoms with Gasteiger partial charge in [0, 0.05) is 32.3 Å². The van der Waals surface area contributed by atoms with Gasteiger partial charge in [0.25, 0.3) is 0 Å². The van der Waals surface area contributed by atoms with Gasteiger partial charge in [-0.15, -0.1) is 0 Å². The Bertz CT molecular complexity index is 454. The van der Waals surface area contributed by atoms with E-state index in [-0.39, 0.29) is 31.4 Å². The van der Waals surface area contributed by atoms with Crippen molar-refractivity contribution in [3.05, 3.63) is 18.0 Å². The van der Waals surface area contributed by atoms with Crippen LogP contribution < -0.4 is 10.6 Å². The zero-order chi connectivity index (χ0) is 15.7. The van der Waals surface area contributed by atoms with Crippen molar-refractivity contribution in [3.63, 3.8) is 0 Å². The number of hydrogen-bond donors (Lipinski definition) is 2. The summed E-state index contributed by atoms with van der Waals surface area (Å²) in [6.45, 7) is 3.19. The second kappa shape index (κ2) is 8.40. The van der Waals surface area contributed by atoms with Crippen LogP contribution in [0.25, 0.3) is 0 Å². The molecule has 1 aromatic rings. The number of halogens is 3. The molecular formula is C12H17F3N4O2. The largest absolute Gasteiger partial charge is 0.433 e. The molecule has 1 heterocycles. The number of nitrogens with one attached hydrogen (secondary N) is 2. The minimum absolute atomic E-state index is 0.131. The summed E-state index contributed by atoms with van der Waals surface area (Å²) in [5.74, 6) is -0.316. The Morgan fingerprint density at radius 3 is 2.81 bits per heavy atom. The standard InChI is InChI=1S/C12H17F3N4O2/c1-2-21-8-4-10(20)16-6-7-18-11-17-5-3-9(19-11)12(13,14)15/h3,5H,2,4,6-8H2,1H3,(H,16,20)(H,17,18,19). The third kappa shape index (κ3) is 6.89. The Morgan fingerprint density at radius 1 is 1.38 bits per heavy atom. The molecule has 0 unspecified atom stereocenters. The second-order valence-corrected chi connectivity index (χ2v) is 3.99. The zero-order valence-electron chi connectivity index (χ0n) is 11.5. The third-order valence-electron chi connectivity index (χ3n) is 2.35. The predicted octanol–water partition coefficient (Wildman–Crippen LogP) is 1.45. The zero-order valence-corrected chi connectivity index (χ0v) is 11.5. The molecule has 0 spiro atoms. The van der Waals surface area contributed by atoms with Crippen LogP contribution in [0, 0.1) is 0 Å². The fourth-order valence-corrected chi connectivity index (χ4v) is 1.38. The van der Waals surface area contributed by atoms with Gasteiger partial charge in [-0.2, -0.15) is 13.2 Å². The number of carbonyl (C=O) groups is 1. The average molecular weight is 306 g/mol. The molecule has 9 heteroatoms. The Labute approximate surface area is 120 Å². The molecule has 0 saturated carbocycles. The first-order valence-corrected chi connectivity index (χ1v) is 6.42. The van der Waals surface area contributed by atoms with Crippen molar-refractivity contribution in [3.8, 4) is 0 Å². The van der Waals surface area contributed by atoms with E-state index in [4.69, 9.17) is 4.74 Å². The number of aromatic nitrogens is 2. The van der Waals surface area contributed by atoms with Gasteiger partial charge in [0.2, 0.25) is 11.9 Å². The lowest BCUT2D eigenvalue weighted by molar-refractivity contribution is -0.141. The molecule has 0 aliphatic carbocycles. The summed E-state index contributed by atoms with van der Waals surface area (Å²) in [5, 5.41) is 5.21. The van der Waals surface area contributed by atoms with E-state index in [1.165, 1.54) is 0 Å². The van der Waals surface area contributed by atoms with Gasteiger partial charge in [0.1, 0.15) is 5.69 Å². The molecule has 21 heavy (non-hydrogen) atoms. The minimum atomic E-state index is -4.51. The monoisotopic (exact) mass is 306 g/mol. The molecule has 0 aliphatic rings. The maximum atomic E-state index is 12.4. The van der Waals surface area contributed by atoms with Crippen LogP contribution in [0.3, 0.4) is 0 Å². The minimum Gasteiger partial charge on any atom is -0.381 e. The van der Waals surface area contributed by atoms with E-state index in [2.05, 4.69) is 20.6 Å².